The van der Waals surface area contributed by atoms with Crippen LogP contribution in [0.1, 0.15) is 10.4 Å². The Morgan fingerprint density at radius 1 is 1.32 bits per heavy atom. The van der Waals surface area contributed by atoms with Gasteiger partial charge in [-0.15, -0.1) is 0 Å². The maximum absolute atomic E-state index is 11.9. The van der Waals surface area contributed by atoms with E-state index in [0.717, 1.165) is 6.07 Å². The molecule has 0 aliphatic carbocycles. The number of sulfonamides is 1. The van der Waals surface area contributed by atoms with E-state index in [-0.39, 0.29) is 21.2 Å². The Kier molecular flexibility index (Phi) is 3.50. The van der Waals surface area contributed by atoms with E-state index in [1.165, 1.54) is 30.6 Å². The van der Waals surface area contributed by atoms with Crippen LogP contribution < -0.4 is 4.72 Å². The molecule has 3 N–H and O–H groups in total. The Bertz CT molecular complexity index is 710. The fourth-order valence-corrected chi connectivity index (χ4v) is 2.67. The number of carboxylic acids is 1. The summed E-state index contributed by atoms with van der Waals surface area (Å²) in [5.74, 6) is -1.23. The summed E-state index contributed by atoms with van der Waals surface area (Å²) in [5.41, 5.74) is -0.0427. The molecule has 1 aromatic heterocycles. The van der Waals surface area contributed by atoms with Gasteiger partial charge in [0.2, 0.25) is 0 Å². The van der Waals surface area contributed by atoms with Crippen LogP contribution in [0.15, 0.2) is 41.6 Å². The van der Waals surface area contributed by atoms with Crippen LogP contribution in [0.5, 0.6) is 0 Å². The van der Waals surface area contributed by atoms with Crippen LogP contribution in [0.25, 0.3) is 0 Å². The van der Waals surface area contributed by atoms with Gasteiger partial charge in [0.05, 0.1) is 10.6 Å². The number of nitrogens with one attached hydrogen (secondary N) is 2. The van der Waals surface area contributed by atoms with Gasteiger partial charge in [0, 0.05) is 18.1 Å². The number of aromatic carboxylic acids is 1. The normalized spacial score (nSPS) is 11.2. The summed E-state index contributed by atoms with van der Waals surface area (Å²) in [6.07, 6.45) is 2.79. The highest BCUT2D eigenvalue weighted by Gasteiger charge is 2.16. The molecule has 0 fully saturated rings. The molecule has 0 saturated heterocycles. The maximum Gasteiger partial charge on any atom is 0.337 e. The molecule has 0 amide bonds. The van der Waals surface area contributed by atoms with Crippen molar-refractivity contribution in [3.63, 3.8) is 0 Å². The van der Waals surface area contributed by atoms with Crippen molar-refractivity contribution in [3.8, 4) is 0 Å². The van der Waals surface area contributed by atoms with Crippen molar-refractivity contribution in [2.24, 2.45) is 0 Å². The van der Waals surface area contributed by atoms with Gasteiger partial charge in [-0.25, -0.2) is 13.2 Å². The third kappa shape index (κ3) is 2.88. The number of hydrogen-bond donors (Lipinski definition) is 3. The first kappa shape index (κ1) is 13.4. The first-order chi connectivity index (χ1) is 8.90. The molecular weight excluding hydrogens is 292 g/mol. The largest absolute Gasteiger partial charge is 0.478 e. The lowest BCUT2D eigenvalue weighted by atomic mass is 10.2. The minimum atomic E-state index is -3.74. The van der Waals surface area contributed by atoms with Crippen molar-refractivity contribution in [2.45, 2.75) is 4.90 Å². The molecule has 0 saturated carbocycles. The Balaban J connectivity index is 2.35. The number of halogens is 1. The first-order valence-electron chi connectivity index (χ1n) is 5.08. The lowest BCUT2D eigenvalue weighted by Gasteiger charge is -2.08. The SMILES string of the molecule is O=C(O)c1cc(NS(=O)(=O)c2cc[nH]c2)ccc1Cl. The molecule has 6 nitrogen and oxygen atoms in total. The van der Waals surface area contributed by atoms with E-state index < -0.39 is 16.0 Å². The number of hydrogen-bond acceptors (Lipinski definition) is 3. The maximum atomic E-state index is 11.9. The van der Waals surface area contributed by atoms with Gasteiger partial charge in [0.1, 0.15) is 4.90 Å². The third-order valence-corrected chi connectivity index (χ3v) is 4.04. The Morgan fingerprint density at radius 3 is 2.63 bits per heavy atom. The molecule has 0 atom stereocenters. The van der Waals surface area contributed by atoms with Crippen LogP contribution in [-0.4, -0.2) is 24.5 Å². The van der Waals surface area contributed by atoms with Crippen molar-refractivity contribution in [1.82, 2.24) is 4.98 Å². The number of aromatic amines is 1. The van der Waals surface area contributed by atoms with Crippen molar-refractivity contribution in [3.05, 3.63) is 47.2 Å². The zero-order chi connectivity index (χ0) is 14.0. The van der Waals surface area contributed by atoms with Gasteiger partial charge in [-0.05, 0) is 24.3 Å². The summed E-state index contributed by atoms with van der Waals surface area (Å²) >= 11 is 5.70. The highest BCUT2D eigenvalue weighted by Crippen LogP contribution is 2.22. The quantitative estimate of drug-likeness (QED) is 0.805. The van der Waals surface area contributed by atoms with Crippen LogP contribution in [0, 0.1) is 0 Å². The van der Waals surface area contributed by atoms with Gasteiger partial charge in [-0.3, -0.25) is 4.72 Å². The zero-order valence-electron chi connectivity index (χ0n) is 9.42. The number of benzene rings is 1. The van der Waals surface area contributed by atoms with E-state index in [1.807, 2.05) is 0 Å². The lowest BCUT2D eigenvalue weighted by molar-refractivity contribution is 0.0697. The number of carbonyl (C=O) groups is 1. The second kappa shape index (κ2) is 4.94. The van der Waals surface area contributed by atoms with Crippen molar-refractivity contribution >= 4 is 33.3 Å². The summed E-state index contributed by atoms with van der Waals surface area (Å²) in [7, 11) is -3.74. The van der Waals surface area contributed by atoms with Crippen LogP contribution in [0.2, 0.25) is 5.02 Å². The molecule has 0 aliphatic rings. The second-order valence-corrected chi connectivity index (χ2v) is 5.74. The van der Waals surface area contributed by atoms with Crippen molar-refractivity contribution in [1.29, 1.82) is 0 Å². The van der Waals surface area contributed by atoms with Gasteiger partial charge in [-0.1, -0.05) is 11.6 Å². The Morgan fingerprint density at radius 2 is 2.05 bits per heavy atom. The minimum Gasteiger partial charge on any atom is -0.478 e. The van der Waals surface area contributed by atoms with Crippen LogP contribution >= 0.6 is 11.6 Å². The number of rotatable bonds is 4. The highest BCUT2D eigenvalue weighted by atomic mass is 35.5. The van der Waals surface area contributed by atoms with E-state index in [4.69, 9.17) is 16.7 Å². The topological polar surface area (TPSA) is 99.3 Å². The molecule has 0 bridgehead atoms. The van der Waals surface area contributed by atoms with E-state index in [9.17, 15) is 13.2 Å². The molecule has 1 aromatic carbocycles. The summed E-state index contributed by atoms with van der Waals surface area (Å²) in [6, 6.07) is 5.25. The number of H-pyrrole nitrogens is 1. The molecule has 19 heavy (non-hydrogen) atoms. The van der Waals surface area contributed by atoms with Crippen LogP contribution in [0.3, 0.4) is 0 Å². The predicted molar refractivity (Wildman–Crippen MR) is 70.0 cm³/mol. The van der Waals surface area contributed by atoms with E-state index >= 15 is 0 Å². The van der Waals surface area contributed by atoms with Gasteiger partial charge in [-0.2, -0.15) is 0 Å². The summed E-state index contributed by atoms with van der Waals surface area (Å²) < 4.78 is 26.1. The standard InChI is InChI=1S/C11H9ClN2O4S/c12-10-2-1-7(5-9(10)11(15)16)14-19(17,18)8-3-4-13-6-8/h1-6,13-14H,(H,15,16). The molecular formula is C11H9ClN2O4S. The van der Waals surface area contributed by atoms with E-state index in [0.29, 0.717) is 0 Å². The average molecular weight is 301 g/mol. The molecule has 0 spiro atoms. The fraction of sp³-hybridized carbons (Fsp3) is 0. The molecule has 0 unspecified atom stereocenters. The molecule has 0 radical (unpaired) electrons. The van der Waals surface area contributed by atoms with E-state index in [2.05, 4.69) is 9.71 Å². The lowest BCUT2D eigenvalue weighted by Crippen LogP contribution is -2.12. The Hall–Kier alpha value is -1.99. The molecule has 8 heteroatoms. The summed E-state index contributed by atoms with van der Waals surface area (Å²) in [6.45, 7) is 0. The average Bonchev–Trinajstić information content (AvgIpc) is 2.85. The summed E-state index contributed by atoms with van der Waals surface area (Å²) in [4.78, 5) is 13.6. The van der Waals surface area contributed by atoms with E-state index in [1.54, 1.807) is 0 Å². The molecule has 2 rings (SSSR count). The monoisotopic (exact) mass is 300 g/mol. The molecule has 1 heterocycles. The third-order valence-electron chi connectivity index (χ3n) is 2.33. The van der Waals surface area contributed by atoms with Gasteiger partial charge >= 0.3 is 5.97 Å². The fourth-order valence-electron chi connectivity index (χ4n) is 1.44. The number of anilines is 1. The minimum absolute atomic E-state index is 0.0390. The predicted octanol–water partition coefficient (Wildman–Crippen LogP) is 2.17. The molecule has 0 aliphatic heterocycles. The number of aromatic nitrogens is 1. The highest BCUT2D eigenvalue weighted by molar-refractivity contribution is 7.92. The van der Waals surface area contributed by atoms with Gasteiger partial charge in [0.15, 0.2) is 0 Å². The van der Waals surface area contributed by atoms with Gasteiger partial charge < -0.3 is 10.1 Å². The van der Waals surface area contributed by atoms with Gasteiger partial charge in [0.25, 0.3) is 10.0 Å². The van der Waals surface area contributed by atoms with Crippen LogP contribution in [-0.2, 0) is 10.0 Å². The summed E-state index contributed by atoms with van der Waals surface area (Å²) in [5, 5.41) is 8.94. The molecule has 100 valence electrons. The van der Waals surface area contributed by atoms with Crippen molar-refractivity contribution < 1.29 is 18.3 Å². The second-order valence-electron chi connectivity index (χ2n) is 3.65. The first-order valence-corrected chi connectivity index (χ1v) is 6.95. The molecule has 2 aromatic rings. The zero-order valence-corrected chi connectivity index (χ0v) is 11.0. The van der Waals surface area contributed by atoms with Crippen molar-refractivity contribution in [2.75, 3.05) is 4.72 Å². The van der Waals surface area contributed by atoms with Crippen LogP contribution in [0.4, 0.5) is 5.69 Å². The smallest absolute Gasteiger partial charge is 0.337 e. The Labute approximate surface area is 114 Å². The number of carboxylic acid groups (broad SMARTS) is 1.